The average Bonchev–Trinajstić information content (AvgIpc) is 2.59. The molecule has 0 aliphatic carbocycles. The third-order valence-corrected chi connectivity index (χ3v) is 3.59. The van der Waals surface area contributed by atoms with E-state index < -0.39 is 4.92 Å². The van der Waals surface area contributed by atoms with Crippen LogP contribution in [0.25, 0.3) is 6.08 Å². The Hall–Kier alpha value is -2.86. The van der Waals surface area contributed by atoms with Gasteiger partial charge in [-0.25, -0.2) is 0 Å². The summed E-state index contributed by atoms with van der Waals surface area (Å²) in [4.78, 5) is 22.6. The van der Waals surface area contributed by atoms with E-state index in [0.29, 0.717) is 22.6 Å². The molecule has 7 heteroatoms. The zero-order valence-corrected chi connectivity index (χ0v) is 13.7. The predicted molar refractivity (Wildman–Crippen MR) is 91.0 cm³/mol. The molecule has 0 unspecified atom stereocenters. The number of halogens is 1. The van der Waals surface area contributed by atoms with Crippen LogP contribution in [-0.2, 0) is 0 Å². The third kappa shape index (κ3) is 3.91. The molecule has 0 aliphatic rings. The van der Waals surface area contributed by atoms with Gasteiger partial charge in [0.25, 0.3) is 5.69 Å². The summed E-state index contributed by atoms with van der Waals surface area (Å²) in [6.45, 7) is 0. The van der Waals surface area contributed by atoms with E-state index in [1.807, 2.05) is 0 Å². The van der Waals surface area contributed by atoms with Crippen LogP contribution in [0.4, 0.5) is 5.69 Å². The van der Waals surface area contributed by atoms with Crippen molar-refractivity contribution in [2.75, 3.05) is 14.2 Å². The molecule has 0 N–H and O–H groups in total. The number of benzene rings is 2. The molecule has 6 nitrogen and oxygen atoms in total. The first-order chi connectivity index (χ1) is 11.5. The van der Waals surface area contributed by atoms with E-state index in [1.165, 1.54) is 38.5 Å². The molecule has 0 fully saturated rings. The minimum absolute atomic E-state index is 0.0419. The first kappa shape index (κ1) is 17.5. The lowest BCUT2D eigenvalue weighted by atomic mass is 10.1. The lowest BCUT2D eigenvalue weighted by molar-refractivity contribution is -0.384. The monoisotopic (exact) mass is 347 g/mol. The summed E-state index contributed by atoms with van der Waals surface area (Å²) in [5.41, 5.74) is 0.637. The molecule has 0 radical (unpaired) electrons. The number of rotatable bonds is 6. The van der Waals surface area contributed by atoms with Gasteiger partial charge in [0.1, 0.15) is 16.5 Å². The van der Waals surface area contributed by atoms with Crippen molar-refractivity contribution in [2.45, 2.75) is 0 Å². The van der Waals surface area contributed by atoms with E-state index in [2.05, 4.69) is 0 Å². The van der Waals surface area contributed by atoms with Gasteiger partial charge < -0.3 is 9.47 Å². The zero-order valence-electron chi connectivity index (χ0n) is 13.0. The van der Waals surface area contributed by atoms with Crippen molar-refractivity contribution in [3.05, 3.63) is 68.7 Å². The molecule has 0 heterocycles. The van der Waals surface area contributed by atoms with Crippen LogP contribution in [0.5, 0.6) is 11.5 Å². The number of carbonyl (C=O) groups is 1. The summed E-state index contributed by atoms with van der Waals surface area (Å²) >= 11 is 5.76. The highest BCUT2D eigenvalue weighted by atomic mass is 35.5. The maximum Gasteiger partial charge on any atom is 0.288 e. The van der Waals surface area contributed by atoms with Crippen LogP contribution in [0.1, 0.15) is 15.9 Å². The predicted octanol–water partition coefficient (Wildman–Crippen LogP) is 4.16. The van der Waals surface area contributed by atoms with Crippen molar-refractivity contribution in [3.8, 4) is 11.5 Å². The van der Waals surface area contributed by atoms with Crippen molar-refractivity contribution in [1.82, 2.24) is 0 Å². The molecular weight excluding hydrogens is 334 g/mol. The number of methoxy groups -OCH3 is 2. The highest BCUT2D eigenvalue weighted by Gasteiger charge is 2.13. The quantitative estimate of drug-likeness (QED) is 0.339. The number of allylic oxidation sites excluding steroid dienone is 1. The minimum Gasteiger partial charge on any atom is -0.497 e. The lowest BCUT2D eigenvalue weighted by Crippen LogP contribution is -1.99. The van der Waals surface area contributed by atoms with E-state index in [0.717, 1.165) is 0 Å². The number of nitrogens with zero attached hydrogens (tertiary/aromatic N) is 1. The van der Waals surface area contributed by atoms with Crippen molar-refractivity contribution >= 4 is 29.1 Å². The highest BCUT2D eigenvalue weighted by Crippen LogP contribution is 2.27. The van der Waals surface area contributed by atoms with Gasteiger partial charge in [-0.2, -0.15) is 0 Å². The number of carbonyl (C=O) groups excluding carboxylic acids is 1. The fourth-order valence-electron chi connectivity index (χ4n) is 2.04. The van der Waals surface area contributed by atoms with Gasteiger partial charge >= 0.3 is 0 Å². The largest absolute Gasteiger partial charge is 0.497 e. The number of hydrogen-bond donors (Lipinski definition) is 0. The number of nitro groups is 1. The molecule has 0 saturated heterocycles. The van der Waals surface area contributed by atoms with Crippen LogP contribution in [0.2, 0.25) is 5.02 Å². The second kappa shape index (κ2) is 7.61. The fraction of sp³-hybridized carbons (Fsp3) is 0.118. The van der Waals surface area contributed by atoms with Crippen LogP contribution in [0.3, 0.4) is 0 Å². The van der Waals surface area contributed by atoms with Crippen molar-refractivity contribution in [2.24, 2.45) is 0 Å². The first-order valence-corrected chi connectivity index (χ1v) is 7.22. The Kier molecular flexibility index (Phi) is 5.55. The summed E-state index contributed by atoms with van der Waals surface area (Å²) in [5, 5.41) is 10.9. The Morgan fingerprint density at radius 1 is 1.17 bits per heavy atom. The standard InChI is InChI=1S/C17H14ClNO5/c1-23-12-5-6-13(17(10-12)24-2)16(20)8-4-11-3-7-14(18)15(9-11)19(21)22/h3-10H,1-2H3/b8-4+. The van der Waals surface area contributed by atoms with Crippen LogP contribution in [-0.4, -0.2) is 24.9 Å². The van der Waals surface area contributed by atoms with Gasteiger partial charge in [0, 0.05) is 12.1 Å². The molecule has 124 valence electrons. The SMILES string of the molecule is COc1ccc(C(=O)/C=C/c2ccc(Cl)c([N+](=O)[O-])c2)c(OC)c1. The van der Waals surface area contributed by atoms with E-state index >= 15 is 0 Å². The normalized spacial score (nSPS) is 10.6. The average molecular weight is 348 g/mol. The second-order valence-corrected chi connectivity index (χ2v) is 5.14. The molecule has 0 aromatic heterocycles. The summed E-state index contributed by atoms with van der Waals surface area (Å²) in [5.74, 6) is 0.652. The summed E-state index contributed by atoms with van der Waals surface area (Å²) < 4.78 is 10.3. The fourth-order valence-corrected chi connectivity index (χ4v) is 2.22. The molecular formula is C17H14ClNO5. The van der Waals surface area contributed by atoms with Gasteiger partial charge in [-0.05, 0) is 29.8 Å². The second-order valence-electron chi connectivity index (χ2n) is 4.73. The number of ether oxygens (including phenoxy) is 2. The molecule has 0 atom stereocenters. The number of hydrogen-bond acceptors (Lipinski definition) is 5. The van der Waals surface area contributed by atoms with Gasteiger partial charge in [0.2, 0.25) is 0 Å². The van der Waals surface area contributed by atoms with Crippen molar-refractivity contribution < 1.29 is 19.2 Å². The van der Waals surface area contributed by atoms with E-state index in [1.54, 1.807) is 24.3 Å². The number of nitro benzene ring substituents is 1. The topological polar surface area (TPSA) is 78.7 Å². The Morgan fingerprint density at radius 3 is 2.54 bits per heavy atom. The van der Waals surface area contributed by atoms with Crippen LogP contribution in [0, 0.1) is 10.1 Å². The van der Waals surface area contributed by atoms with E-state index in [9.17, 15) is 14.9 Å². The molecule has 0 aliphatic heterocycles. The molecule has 0 spiro atoms. The lowest BCUT2D eigenvalue weighted by Gasteiger charge is -2.07. The Labute approximate surface area is 143 Å². The van der Waals surface area contributed by atoms with Gasteiger partial charge in [0.15, 0.2) is 5.78 Å². The van der Waals surface area contributed by atoms with E-state index in [-0.39, 0.29) is 16.5 Å². The van der Waals surface area contributed by atoms with Crippen LogP contribution >= 0.6 is 11.6 Å². The molecule has 2 aromatic carbocycles. The zero-order chi connectivity index (χ0) is 17.7. The molecule has 2 aromatic rings. The van der Waals surface area contributed by atoms with Gasteiger partial charge in [0.05, 0.1) is 24.7 Å². The molecule has 0 bridgehead atoms. The number of ketones is 1. The summed E-state index contributed by atoms with van der Waals surface area (Å²) in [6, 6.07) is 9.15. The maximum atomic E-state index is 12.3. The van der Waals surface area contributed by atoms with Crippen LogP contribution in [0.15, 0.2) is 42.5 Å². The van der Waals surface area contributed by atoms with Gasteiger partial charge in [-0.3, -0.25) is 14.9 Å². The van der Waals surface area contributed by atoms with Crippen LogP contribution < -0.4 is 9.47 Å². The third-order valence-electron chi connectivity index (χ3n) is 3.27. The molecule has 24 heavy (non-hydrogen) atoms. The minimum atomic E-state index is -0.575. The first-order valence-electron chi connectivity index (χ1n) is 6.84. The Bertz CT molecular complexity index is 817. The Balaban J connectivity index is 2.28. The van der Waals surface area contributed by atoms with Crippen molar-refractivity contribution in [1.29, 1.82) is 0 Å². The van der Waals surface area contributed by atoms with E-state index in [4.69, 9.17) is 21.1 Å². The smallest absolute Gasteiger partial charge is 0.288 e. The van der Waals surface area contributed by atoms with Gasteiger partial charge in [-0.1, -0.05) is 23.7 Å². The summed E-state index contributed by atoms with van der Waals surface area (Å²) in [6.07, 6.45) is 2.80. The molecule has 0 saturated carbocycles. The Morgan fingerprint density at radius 2 is 1.92 bits per heavy atom. The molecule has 2 rings (SSSR count). The van der Waals surface area contributed by atoms with Gasteiger partial charge in [-0.15, -0.1) is 0 Å². The molecule has 0 amide bonds. The highest BCUT2D eigenvalue weighted by molar-refractivity contribution is 6.32. The summed E-state index contributed by atoms with van der Waals surface area (Å²) in [7, 11) is 2.97. The maximum absolute atomic E-state index is 12.3. The van der Waals surface area contributed by atoms with Crippen molar-refractivity contribution in [3.63, 3.8) is 0 Å².